The molecule has 2 bridgehead atoms. The van der Waals surface area contributed by atoms with Gasteiger partial charge in [-0.3, -0.25) is 4.79 Å². The van der Waals surface area contributed by atoms with Gasteiger partial charge in [0.1, 0.15) is 0 Å². The molecule has 0 spiro atoms. The Bertz CT molecular complexity index is 398. The monoisotopic (exact) mass is 232 g/mol. The fourth-order valence-corrected chi connectivity index (χ4v) is 4.72. The summed E-state index contributed by atoms with van der Waals surface area (Å²) in [6.45, 7) is 6.03. The van der Waals surface area contributed by atoms with E-state index in [2.05, 4.69) is 25.7 Å². The van der Waals surface area contributed by atoms with E-state index in [0.717, 1.165) is 6.42 Å². The van der Waals surface area contributed by atoms with Gasteiger partial charge >= 0.3 is 5.97 Å². The molecule has 92 valence electrons. The van der Waals surface area contributed by atoms with Gasteiger partial charge in [0.2, 0.25) is 0 Å². The lowest BCUT2D eigenvalue weighted by molar-refractivity contribution is -0.157. The van der Waals surface area contributed by atoms with Gasteiger partial charge in [0, 0.05) is 0 Å². The molecule has 2 fully saturated rings. The van der Waals surface area contributed by atoms with E-state index in [9.17, 15) is 4.79 Å². The zero-order chi connectivity index (χ0) is 12.2. The predicted molar refractivity (Wildman–Crippen MR) is 66.1 cm³/mol. The minimum absolute atomic E-state index is 0.0156. The molecule has 0 aliphatic heterocycles. The van der Waals surface area contributed by atoms with Crippen molar-refractivity contribution in [1.82, 2.24) is 0 Å². The number of carbonyl (C=O) groups excluding carboxylic acids is 1. The second kappa shape index (κ2) is 3.47. The number of carbonyl (C=O) groups is 1. The zero-order valence-electron chi connectivity index (χ0n) is 10.6. The Labute approximate surface area is 103 Å². The van der Waals surface area contributed by atoms with Crippen LogP contribution in [0.15, 0.2) is 24.8 Å². The minimum atomic E-state index is -0.256. The molecular weight excluding hydrogens is 212 g/mol. The van der Waals surface area contributed by atoms with Crippen LogP contribution in [-0.2, 0) is 9.53 Å². The Balaban J connectivity index is 1.93. The number of methoxy groups -OCH3 is 1. The third-order valence-electron chi connectivity index (χ3n) is 5.44. The van der Waals surface area contributed by atoms with Gasteiger partial charge in [0.15, 0.2) is 0 Å². The van der Waals surface area contributed by atoms with Crippen LogP contribution in [0.4, 0.5) is 0 Å². The van der Waals surface area contributed by atoms with Crippen LogP contribution < -0.4 is 0 Å². The van der Waals surface area contributed by atoms with E-state index in [4.69, 9.17) is 4.74 Å². The number of fused-ring (bicyclic) bond motifs is 5. The van der Waals surface area contributed by atoms with Crippen molar-refractivity contribution < 1.29 is 9.53 Å². The van der Waals surface area contributed by atoms with Crippen LogP contribution in [0.2, 0.25) is 0 Å². The summed E-state index contributed by atoms with van der Waals surface area (Å²) in [5.74, 6) is 2.87. The molecule has 6 unspecified atom stereocenters. The maximum absolute atomic E-state index is 12.0. The lowest BCUT2D eigenvalue weighted by atomic mass is 9.64. The maximum Gasteiger partial charge on any atom is 0.311 e. The molecule has 0 amide bonds. The Morgan fingerprint density at radius 1 is 1.53 bits per heavy atom. The molecule has 0 radical (unpaired) electrons. The van der Waals surface area contributed by atoms with Crippen molar-refractivity contribution >= 4 is 5.97 Å². The molecule has 0 aromatic heterocycles. The lowest BCUT2D eigenvalue weighted by Gasteiger charge is -2.39. The molecule has 0 heterocycles. The summed E-state index contributed by atoms with van der Waals surface area (Å²) in [6.07, 6.45) is 8.87. The van der Waals surface area contributed by atoms with Crippen molar-refractivity contribution in [1.29, 1.82) is 0 Å². The van der Waals surface area contributed by atoms with Gasteiger partial charge < -0.3 is 4.74 Å². The van der Waals surface area contributed by atoms with Gasteiger partial charge in [-0.2, -0.15) is 0 Å². The quantitative estimate of drug-likeness (QED) is 0.540. The number of rotatable bonds is 2. The highest BCUT2D eigenvalue weighted by atomic mass is 16.5. The minimum Gasteiger partial charge on any atom is -0.469 e. The molecule has 0 saturated heterocycles. The van der Waals surface area contributed by atoms with Crippen LogP contribution in [0, 0.1) is 35.0 Å². The van der Waals surface area contributed by atoms with Crippen molar-refractivity contribution in [3.63, 3.8) is 0 Å². The second-order valence-corrected chi connectivity index (χ2v) is 6.07. The third-order valence-corrected chi connectivity index (χ3v) is 5.44. The van der Waals surface area contributed by atoms with E-state index in [1.165, 1.54) is 13.5 Å². The summed E-state index contributed by atoms with van der Waals surface area (Å²) in [7, 11) is 1.51. The molecule has 0 aromatic rings. The number of esters is 1. The fourth-order valence-electron chi connectivity index (χ4n) is 4.72. The molecule has 2 nitrogen and oxygen atoms in total. The molecule has 3 aliphatic rings. The van der Waals surface area contributed by atoms with Crippen molar-refractivity contribution in [3.8, 4) is 0 Å². The largest absolute Gasteiger partial charge is 0.469 e. The predicted octanol–water partition coefficient (Wildman–Crippen LogP) is 2.81. The Hall–Kier alpha value is -1.05. The lowest BCUT2D eigenvalue weighted by Crippen LogP contribution is -2.41. The number of allylic oxidation sites excluding steroid dienone is 3. The molecule has 6 atom stereocenters. The van der Waals surface area contributed by atoms with Crippen LogP contribution in [-0.4, -0.2) is 13.1 Å². The summed E-state index contributed by atoms with van der Waals surface area (Å²) in [6, 6.07) is 0. The number of hydrogen-bond acceptors (Lipinski definition) is 2. The topological polar surface area (TPSA) is 26.3 Å². The van der Waals surface area contributed by atoms with Gasteiger partial charge in [0.25, 0.3) is 0 Å². The molecular formula is C15H20O2. The molecule has 17 heavy (non-hydrogen) atoms. The fraction of sp³-hybridized carbons (Fsp3) is 0.667. The Kier molecular flexibility index (Phi) is 2.26. The van der Waals surface area contributed by atoms with Gasteiger partial charge in [-0.05, 0) is 49.4 Å². The first-order valence-corrected chi connectivity index (χ1v) is 6.51. The van der Waals surface area contributed by atoms with Gasteiger partial charge in [-0.1, -0.05) is 18.2 Å². The summed E-state index contributed by atoms with van der Waals surface area (Å²) >= 11 is 0. The number of hydrogen-bond donors (Lipinski definition) is 0. The van der Waals surface area contributed by atoms with Gasteiger partial charge in [0.05, 0.1) is 12.5 Å². The summed E-state index contributed by atoms with van der Waals surface area (Å²) < 4.78 is 5.02. The van der Waals surface area contributed by atoms with Gasteiger partial charge in [-0.25, -0.2) is 0 Å². The van der Waals surface area contributed by atoms with Gasteiger partial charge in [-0.15, -0.1) is 6.58 Å². The highest BCUT2D eigenvalue weighted by Gasteiger charge is 2.62. The average molecular weight is 232 g/mol. The van der Waals surface area contributed by atoms with E-state index in [1.54, 1.807) is 0 Å². The first-order chi connectivity index (χ1) is 8.11. The van der Waals surface area contributed by atoms with Crippen LogP contribution in [0.25, 0.3) is 0 Å². The molecule has 0 aromatic carbocycles. The van der Waals surface area contributed by atoms with Crippen LogP contribution in [0.3, 0.4) is 0 Å². The van der Waals surface area contributed by atoms with Crippen molar-refractivity contribution in [3.05, 3.63) is 24.8 Å². The SMILES string of the molecule is C=CC1C=CC2C3CC(C12)C(C)(C(=O)OC)C3. The van der Waals surface area contributed by atoms with Crippen LogP contribution in [0.1, 0.15) is 19.8 Å². The standard InChI is InChI=1S/C15H20O2/c1-4-9-5-6-11-10-7-12(13(9)11)15(2,8-10)14(16)17-3/h4-6,9-13H,1,7-8H2,2-3H3. The summed E-state index contributed by atoms with van der Waals surface area (Å²) in [4.78, 5) is 12.0. The average Bonchev–Trinajstić information content (AvgIpc) is 2.96. The zero-order valence-corrected chi connectivity index (χ0v) is 10.6. The number of ether oxygens (including phenoxy) is 1. The third kappa shape index (κ3) is 1.24. The highest BCUT2D eigenvalue weighted by molar-refractivity contribution is 5.77. The molecule has 3 rings (SSSR count). The smallest absolute Gasteiger partial charge is 0.311 e. The van der Waals surface area contributed by atoms with E-state index < -0.39 is 0 Å². The van der Waals surface area contributed by atoms with E-state index in [1.807, 2.05) is 6.08 Å². The first-order valence-electron chi connectivity index (χ1n) is 6.51. The van der Waals surface area contributed by atoms with E-state index in [-0.39, 0.29) is 11.4 Å². The highest BCUT2D eigenvalue weighted by Crippen LogP contribution is 2.65. The summed E-state index contributed by atoms with van der Waals surface area (Å²) in [5, 5.41) is 0. The Morgan fingerprint density at radius 2 is 2.29 bits per heavy atom. The van der Waals surface area contributed by atoms with Crippen molar-refractivity contribution in [2.24, 2.45) is 35.0 Å². The first kappa shape index (κ1) is 11.1. The normalized spacial score (nSPS) is 50.4. The van der Waals surface area contributed by atoms with Crippen LogP contribution >= 0.6 is 0 Å². The molecule has 2 saturated carbocycles. The van der Waals surface area contributed by atoms with Crippen molar-refractivity contribution in [2.45, 2.75) is 19.8 Å². The Morgan fingerprint density at radius 3 is 2.94 bits per heavy atom. The van der Waals surface area contributed by atoms with E-state index in [0.29, 0.717) is 29.6 Å². The maximum atomic E-state index is 12.0. The van der Waals surface area contributed by atoms with E-state index >= 15 is 0 Å². The molecule has 2 heteroatoms. The molecule has 3 aliphatic carbocycles. The van der Waals surface area contributed by atoms with Crippen LogP contribution in [0.5, 0.6) is 0 Å². The summed E-state index contributed by atoms with van der Waals surface area (Å²) in [5.41, 5.74) is -0.256. The van der Waals surface area contributed by atoms with Crippen molar-refractivity contribution in [2.75, 3.05) is 7.11 Å². The molecule has 0 N–H and O–H groups in total. The second-order valence-electron chi connectivity index (χ2n) is 6.07.